The highest BCUT2D eigenvalue weighted by molar-refractivity contribution is 7.82. The van der Waals surface area contributed by atoms with Gasteiger partial charge >= 0.3 is 0 Å². The highest BCUT2D eigenvalue weighted by Crippen LogP contribution is 2.53. The van der Waals surface area contributed by atoms with E-state index in [0.717, 1.165) is 5.56 Å². The number of rotatable bonds is 14. The zero-order valence-electron chi connectivity index (χ0n) is 22.8. The van der Waals surface area contributed by atoms with E-state index in [-0.39, 0.29) is 25.0 Å². The van der Waals surface area contributed by atoms with Crippen molar-refractivity contribution in [2.75, 3.05) is 13.2 Å². The molecule has 0 bridgehead atoms. The van der Waals surface area contributed by atoms with Crippen molar-refractivity contribution >= 4 is 24.2 Å². The number of hydrogen-bond acceptors (Lipinski definition) is 10. The number of carbonyl (C=O) groups is 1. The molecule has 4 rings (SSSR count). The minimum absolute atomic E-state index is 0.00650. The van der Waals surface area contributed by atoms with Crippen LogP contribution in [0.25, 0.3) is 0 Å². The molecule has 3 aromatic carbocycles. The first-order chi connectivity index (χ1) is 20.3. The summed E-state index contributed by atoms with van der Waals surface area (Å²) in [5.74, 6) is 0. The third kappa shape index (κ3) is 7.06. The number of benzene rings is 3. The third-order valence-electron chi connectivity index (χ3n) is 7.06. The first kappa shape index (κ1) is 31.7. The van der Waals surface area contributed by atoms with E-state index in [0.29, 0.717) is 10.6 Å². The summed E-state index contributed by atoms with van der Waals surface area (Å²) in [4.78, 5) is 11.7. The second-order valence-electron chi connectivity index (χ2n) is 9.80. The van der Waals surface area contributed by atoms with Crippen LogP contribution >= 0.6 is 7.14 Å². The summed E-state index contributed by atoms with van der Waals surface area (Å²) in [6.07, 6.45) is -10.7. The Kier molecular flexibility index (Phi) is 11.2. The first-order valence-corrected chi connectivity index (χ1v) is 15.1. The van der Waals surface area contributed by atoms with Crippen molar-refractivity contribution in [2.24, 2.45) is 0 Å². The van der Waals surface area contributed by atoms with Crippen LogP contribution in [-0.4, -0.2) is 83.0 Å². The van der Waals surface area contributed by atoms with E-state index in [9.17, 15) is 25.2 Å². The van der Waals surface area contributed by atoms with Crippen LogP contribution in [0.4, 0.5) is 0 Å². The average Bonchev–Trinajstić information content (AvgIpc) is 3.03. The van der Waals surface area contributed by atoms with Gasteiger partial charge in [-0.2, -0.15) is 0 Å². The van der Waals surface area contributed by atoms with Gasteiger partial charge in [0, 0.05) is 15.9 Å². The van der Waals surface area contributed by atoms with Gasteiger partial charge in [0.1, 0.15) is 30.5 Å². The lowest BCUT2D eigenvalue weighted by molar-refractivity contribution is -0.313. The minimum atomic E-state index is -3.75. The molecule has 0 unspecified atom stereocenters. The van der Waals surface area contributed by atoms with Crippen molar-refractivity contribution < 1.29 is 48.7 Å². The second kappa shape index (κ2) is 14.8. The largest absolute Gasteiger partial charge is 0.459 e. The Hall–Kier alpha value is -3.18. The van der Waals surface area contributed by atoms with Gasteiger partial charge in [-0.05, 0) is 5.56 Å². The molecule has 1 heterocycles. The number of aliphatic hydroxyl groups is 4. The van der Waals surface area contributed by atoms with Crippen molar-refractivity contribution in [2.45, 2.75) is 49.5 Å². The van der Waals surface area contributed by atoms with Crippen LogP contribution < -0.4 is 10.6 Å². The summed E-state index contributed by atoms with van der Waals surface area (Å²) in [7, 11) is -3.75. The Labute approximate surface area is 244 Å². The van der Waals surface area contributed by atoms with Crippen LogP contribution in [0.3, 0.4) is 0 Å². The fraction of sp³-hybridized carbons (Fsp3) is 0.323. The molecule has 0 spiro atoms. The van der Waals surface area contributed by atoms with Gasteiger partial charge in [0.15, 0.2) is 19.5 Å². The van der Waals surface area contributed by atoms with E-state index in [1.54, 1.807) is 60.7 Å². The molecule has 0 amide bonds. The summed E-state index contributed by atoms with van der Waals surface area (Å²) in [5.41, 5.74) is 0.854. The van der Waals surface area contributed by atoms with Gasteiger partial charge in [0.25, 0.3) is 6.47 Å². The van der Waals surface area contributed by atoms with E-state index < -0.39 is 56.7 Å². The van der Waals surface area contributed by atoms with Crippen molar-refractivity contribution in [3.8, 4) is 0 Å². The van der Waals surface area contributed by atoms with E-state index in [1.807, 2.05) is 30.3 Å². The first-order valence-electron chi connectivity index (χ1n) is 13.4. The highest BCUT2D eigenvalue weighted by atomic mass is 31.2. The molecular weight excluding hydrogens is 563 g/mol. The van der Waals surface area contributed by atoms with E-state index in [2.05, 4.69) is 6.58 Å². The van der Waals surface area contributed by atoms with Gasteiger partial charge in [0.05, 0.1) is 19.8 Å². The average molecular weight is 599 g/mol. The molecule has 4 N–H and O–H groups in total. The Morgan fingerprint density at radius 1 is 0.881 bits per heavy atom. The SMILES string of the molecule is C=C([C@H](O[C@@H]1O[C@H](CO)[C@H](O)[C@H](O)[C@H]1O)[C@@H](COCc1ccccc1)OC=O)P(=O)(c1ccccc1)c1ccccc1. The topological polar surface area (TPSA) is 152 Å². The molecule has 0 aliphatic carbocycles. The molecule has 224 valence electrons. The smallest absolute Gasteiger partial charge is 0.293 e. The van der Waals surface area contributed by atoms with E-state index >= 15 is 4.57 Å². The molecule has 1 aliphatic rings. The quantitative estimate of drug-likeness (QED) is 0.159. The zero-order valence-corrected chi connectivity index (χ0v) is 23.7. The summed E-state index contributed by atoms with van der Waals surface area (Å²) in [6.45, 7) is 3.63. The normalized spacial score (nSPS) is 24.0. The van der Waals surface area contributed by atoms with Crippen molar-refractivity contribution in [3.63, 3.8) is 0 Å². The van der Waals surface area contributed by atoms with Crippen LogP contribution in [-0.2, 0) is 34.9 Å². The Balaban J connectivity index is 1.74. The van der Waals surface area contributed by atoms with Crippen LogP contribution in [0, 0.1) is 0 Å². The maximum absolute atomic E-state index is 15.1. The number of hydrogen-bond donors (Lipinski definition) is 4. The van der Waals surface area contributed by atoms with Gasteiger partial charge in [0.2, 0.25) is 0 Å². The fourth-order valence-corrected chi connectivity index (χ4v) is 7.51. The molecule has 0 aromatic heterocycles. The number of carbonyl (C=O) groups excluding carboxylic acids is 1. The number of aliphatic hydroxyl groups excluding tert-OH is 4. The summed E-state index contributed by atoms with van der Waals surface area (Å²) >= 11 is 0. The predicted octanol–water partition coefficient (Wildman–Crippen LogP) is 1.46. The summed E-state index contributed by atoms with van der Waals surface area (Å²) < 4.78 is 38.1. The highest BCUT2D eigenvalue weighted by Gasteiger charge is 2.48. The van der Waals surface area contributed by atoms with Crippen molar-refractivity contribution in [1.82, 2.24) is 0 Å². The predicted molar refractivity (Wildman–Crippen MR) is 155 cm³/mol. The van der Waals surface area contributed by atoms with Gasteiger partial charge in [-0.1, -0.05) is 97.6 Å². The molecule has 0 saturated carbocycles. The monoisotopic (exact) mass is 598 g/mol. The summed E-state index contributed by atoms with van der Waals surface area (Å²) in [6, 6.07) is 26.5. The molecule has 1 saturated heterocycles. The molecule has 11 heteroatoms. The Bertz CT molecular complexity index is 1280. The lowest BCUT2D eigenvalue weighted by Gasteiger charge is -2.42. The van der Waals surface area contributed by atoms with E-state index in [1.165, 1.54) is 0 Å². The minimum Gasteiger partial charge on any atom is -0.459 e. The maximum atomic E-state index is 15.1. The third-order valence-corrected chi connectivity index (χ3v) is 10.2. The van der Waals surface area contributed by atoms with Gasteiger partial charge in [-0.15, -0.1) is 0 Å². The van der Waals surface area contributed by atoms with Crippen LogP contribution in [0.15, 0.2) is 103 Å². The summed E-state index contributed by atoms with van der Waals surface area (Å²) in [5, 5.41) is 41.9. The zero-order chi connectivity index (χ0) is 30.1. The number of ether oxygens (including phenoxy) is 4. The van der Waals surface area contributed by atoms with Gasteiger partial charge in [-0.25, -0.2) is 0 Å². The Morgan fingerprint density at radius 3 is 1.95 bits per heavy atom. The van der Waals surface area contributed by atoms with Crippen molar-refractivity contribution in [3.05, 3.63) is 108 Å². The molecule has 0 radical (unpaired) electrons. The van der Waals surface area contributed by atoms with Crippen molar-refractivity contribution in [1.29, 1.82) is 0 Å². The Morgan fingerprint density at radius 2 is 1.43 bits per heavy atom. The molecular formula is C31H35O10P. The van der Waals surface area contributed by atoms with Crippen LogP contribution in [0.1, 0.15) is 5.56 Å². The molecule has 7 atom stereocenters. The van der Waals surface area contributed by atoms with Crippen LogP contribution in [0.2, 0.25) is 0 Å². The van der Waals surface area contributed by atoms with Crippen LogP contribution in [0.5, 0.6) is 0 Å². The molecule has 10 nitrogen and oxygen atoms in total. The fourth-order valence-electron chi connectivity index (χ4n) is 4.78. The lowest BCUT2D eigenvalue weighted by Crippen LogP contribution is -2.60. The lowest BCUT2D eigenvalue weighted by atomic mass is 9.99. The maximum Gasteiger partial charge on any atom is 0.293 e. The van der Waals surface area contributed by atoms with E-state index in [4.69, 9.17) is 18.9 Å². The molecule has 1 fully saturated rings. The van der Waals surface area contributed by atoms with Gasteiger partial charge < -0.3 is 43.9 Å². The second-order valence-corrected chi connectivity index (χ2v) is 12.6. The van der Waals surface area contributed by atoms with Gasteiger partial charge in [-0.3, -0.25) is 4.79 Å². The standard InChI is InChI=1S/C31H35O10P/c1-21(42(37,23-13-7-3-8-14-23)24-15-9-4-10-16-24)30(41-31-29(36)28(35)27(34)25(17-32)40-31)26(39-20-33)19-38-18-22-11-5-2-6-12-22/h2-16,20,25-32,34-36H,1,17-19H2/t25-,26-,27+,28+,29-,30+,31+/m1/s1. The molecule has 42 heavy (non-hydrogen) atoms. The molecule has 1 aliphatic heterocycles. The molecule has 3 aromatic rings.